The van der Waals surface area contributed by atoms with Crippen LogP contribution in [0.25, 0.3) is 0 Å². The molecule has 0 saturated heterocycles. The summed E-state index contributed by atoms with van der Waals surface area (Å²) in [4.78, 5) is 4.25. The van der Waals surface area contributed by atoms with E-state index in [1.807, 2.05) is 0 Å². The van der Waals surface area contributed by atoms with E-state index < -0.39 is 0 Å². The Hall–Kier alpha value is -0.880. The lowest BCUT2D eigenvalue weighted by molar-refractivity contribution is 0.391. The van der Waals surface area contributed by atoms with Crippen molar-refractivity contribution in [3.8, 4) is 0 Å². The van der Waals surface area contributed by atoms with Gasteiger partial charge in [-0.1, -0.05) is 43.9 Å². The summed E-state index contributed by atoms with van der Waals surface area (Å²) in [7, 11) is 0. The predicted octanol–water partition coefficient (Wildman–Crippen LogP) is 3.12. The number of rotatable bonds is 3. The normalized spacial score (nSPS) is 11.9. The molecule has 0 aliphatic heterocycles. The van der Waals surface area contributed by atoms with Gasteiger partial charge in [0, 0.05) is 5.41 Å². The first-order chi connectivity index (χ1) is 7.55. The van der Waals surface area contributed by atoms with Crippen molar-refractivity contribution in [1.29, 1.82) is 0 Å². The third-order valence-electron chi connectivity index (χ3n) is 1.95. The van der Waals surface area contributed by atoms with E-state index in [2.05, 4.69) is 36.0 Å². The van der Waals surface area contributed by atoms with Gasteiger partial charge in [0.05, 0.1) is 11.9 Å². The molecule has 0 saturated carbocycles. The highest BCUT2D eigenvalue weighted by atomic mass is 32.2. The second-order valence-corrected chi connectivity index (χ2v) is 6.42. The Bertz CT molecular complexity index is 445. The van der Waals surface area contributed by atoms with Crippen LogP contribution in [-0.2, 0) is 11.2 Å². The third-order valence-corrected chi connectivity index (χ3v) is 3.80. The molecule has 0 bridgehead atoms. The Morgan fingerprint density at radius 1 is 1.44 bits per heavy atom. The van der Waals surface area contributed by atoms with E-state index in [0.29, 0.717) is 5.75 Å². The average molecular weight is 255 g/mol. The van der Waals surface area contributed by atoms with Gasteiger partial charge in [0.2, 0.25) is 5.89 Å². The fourth-order valence-electron chi connectivity index (χ4n) is 1.07. The van der Waals surface area contributed by atoms with Crippen molar-refractivity contribution in [2.75, 3.05) is 0 Å². The summed E-state index contributed by atoms with van der Waals surface area (Å²) < 4.78 is 6.61. The number of oxazole rings is 1. The molecule has 2 heterocycles. The Labute approximate surface area is 102 Å². The van der Waals surface area contributed by atoms with Gasteiger partial charge >= 0.3 is 0 Å². The summed E-state index contributed by atoms with van der Waals surface area (Å²) in [6, 6.07) is 0. The van der Waals surface area contributed by atoms with Crippen LogP contribution >= 0.6 is 23.1 Å². The Balaban J connectivity index is 1.98. The maximum atomic E-state index is 5.67. The number of hydrogen-bond donors (Lipinski definition) is 0. The minimum atomic E-state index is 0.0126. The van der Waals surface area contributed by atoms with Gasteiger partial charge in [0.25, 0.3) is 0 Å². The van der Waals surface area contributed by atoms with E-state index in [-0.39, 0.29) is 5.41 Å². The quantitative estimate of drug-likeness (QED) is 0.789. The van der Waals surface area contributed by atoms with Gasteiger partial charge in [-0.15, -0.1) is 10.2 Å². The molecule has 2 rings (SSSR count). The van der Waals surface area contributed by atoms with Gasteiger partial charge in [0.15, 0.2) is 4.34 Å². The Morgan fingerprint density at radius 3 is 2.81 bits per heavy atom. The summed E-state index contributed by atoms with van der Waals surface area (Å²) >= 11 is 3.12. The molecule has 16 heavy (non-hydrogen) atoms. The number of aromatic nitrogens is 3. The fourth-order valence-corrected chi connectivity index (χ4v) is 2.42. The van der Waals surface area contributed by atoms with Crippen LogP contribution in [0.4, 0.5) is 0 Å². The molecule has 4 nitrogen and oxygen atoms in total. The molecular weight excluding hydrogens is 242 g/mol. The zero-order chi connectivity index (χ0) is 11.6. The Morgan fingerprint density at radius 2 is 2.25 bits per heavy atom. The number of nitrogens with zero attached hydrogens (tertiary/aromatic N) is 3. The lowest BCUT2D eigenvalue weighted by Crippen LogP contribution is -2.09. The van der Waals surface area contributed by atoms with E-state index in [1.165, 1.54) is 11.3 Å². The molecule has 2 aromatic rings. The number of thioether (sulfide) groups is 1. The van der Waals surface area contributed by atoms with Gasteiger partial charge < -0.3 is 4.42 Å². The van der Waals surface area contributed by atoms with Crippen LogP contribution in [0.5, 0.6) is 0 Å². The van der Waals surface area contributed by atoms with Gasteiger partial charge in [-0.2, -0.15) is 0 Å². The first kappa shape index (κ1) is 11.6. The first-order valence-corrected chi connectivity index (χ1v) is 6.76. The summed E-state index contributed by atoms with van der Waals surface area (Å²) in [6.07, 6.45) is 1.80. The predicted molar refractivity (Wildman–Crippen MR) is 64.7 cm³/mol. The minimum absolute atomic E-state index is 0.0126. The molecule has 0 fully saturated rings. The molecule has 0 atom stereocenters. The molecule has 0 aromatic carbocycles. The minimum Gasteiger partial charge on any atom is -0.444 e. The molecule has 2 aromatic heterocycles. The van der Waals surface area contributed by atoms with Crippen LogP contribution in [0.15, 0.2) is 20.5 Å². The molecule has 0 N–H and O–H groups in total. The van der Waals surface area contributed by atoms with Crippen LogP contribution in [-0.4, -0.2) is 15.2 Å². The van der Waals surface area contributed by atoms with Crippen LogP contribution in [0.1, 0.15) is 32.4 Å². The highest BCUT2D eigenvalue weighted by molar-refractivity contribution is 8.00. The highest BCUT2D eigenvalue weighted by Gasteiger charge is 2.19. The van der Waals surface area contributed by atoms with Crippen molar-refractivity contribution >= 4 is 23.1 Å². The maximum absolute atomic E-state index is 5.67. The smallest absolute Gasteiger partial charge is 0.204 e. The topological polar surface area (TPSA) is 51.8 Å². The zero-order valence-corrected chi connectivity index (χ0v) is 11.1. The van der Waals surface area contributed by atoms with E-state index in [4.69, 9.17) is 4.42 Å². The van der Waals surface area contributed by atoms with Crippen LogP contribution < -0.4 is 0 Å². The van der Waals surface area contributed by atoms with Crippen molar-refractivity contribution in [1.82, 2.24) is 15.2 Å². The maximum Gasteiger partial charge on any atom is 0.204 e. The van der Waals surface area contributed by atoms with Crippen LogP contribution in [0.2, 0.25) is 0 Å². The molecule has 0 unspecified atom stereocenters. The van der Waals surface area contributed by atoms with Gasteiger partial charge in [0.1, 0.15) is 11.3 Å². The zero-order valence-electron chi connectivity index (χ0n) is 9.43. The SMILES string of the molecule is CC(C)(C)c1cnc(CSc2nncs2)o1. The van der Waals surface area contributed by atoms with Gasteiger partial charge in [-0.3, -0.25) is 0 Å². The molecule has 0 amide bonds. The van der Waals surface area contributed by atoms with E-state index in [9.17, 15) is 0 Å². The van der Waals surface area contributed by atoms with Gasteiger partial charge in [-0.05, 0) is 0 Å². The van der Waals surface area contributed by atoms with E-state index in [0.717, 1.165) is 16.0 Å². The van der Waals surface area contributed by atoms with Crippen molar-refractivity contribution in [2.24, 2.45) is 0 Å². The van der Waals surface area contributed by atoms with Crippen LogP contribution in [0.3, 0.4) is 0 Å². The largest absolute Gasteiger partial charge is 0.444 e. The third kappa shape index (κ3) is 2.82. The summed E-state index contributed by atoms with van der Waals surface area (Å²) in [5.41, 5.74) is 1.73. The lowest BCUT2D eigenvalue weighted by Gasteiger charge is -2.12. The van der Waals surface area contributed by atoms with Crippen molar-refractivity contribution < 1.29 is 4.42 Å². The fraction of sp³-hybridized carbons (Fsp3) is 0.500. The molecule has 0 radical (unpaired) electrons. The second kappa shape index (κ2) is 4.55. The molecule has 6 heteroatoms. The molecule has 0 aliphatic rings. The van der Waals surface area contributed by atoms with Crippen molar-refractivity contribution in [3.63, 3.8) is 0 Å². The molecule has 0 spiro atoms. The molecular formula is C10H13N3OS2. The van der Waals surface area contributed by atoms with Crippen molar-refractivity contribution in [3.05, 3.63) is 23.4 Å². The van der Waals surface area contributed by atoms with Crippen LogP contribution in [0, 0.1) is 0 Å². The number of hydrogen-bond acceptors (Lipinski definition) is 6. The van der Waals surface area contributed by atoms with Crippen molar-refractivity contribution in [2.45, 2.75) is 36.3 Å². The lowest BCUT2D eigenvalue weighted by atomic mass is 9.94. The van der Waals surface area contributed by atoms with E-state index in [1.54, 1.807) is 23.5 Å². The average Bonchev–Trinajstić information content (AvgIpc) is 2.85. The summed E-state index contributed by atoms with van der Waals surface area (Å²) in [6.45, 7) is 6.32. The second-order valence-electron chi connectivity index (χ2n) is 4.36. The summed E-state index contributed by atoms with van der Waals surface area (Å²) in [5.74, 6) is 2.36. The summed E-state index contributed by atoms with van der Waals surface area (Å²) in [5, 5.41) is 7.72. The van der Waals surface area contributed by atoms with E-state index >= 15 is 0 Å². The first-order valence-electron chi connectivity index (χ1n) is 4.90. The Kier molecular flexibility index (Phi) is 3.30. The standard InChI is InChI=1S/C10H13N3OS2/c1-10(2,3)7-4-11-8(14-7)5-15-9-13-12-6-16-9/h4,6H,5H2,1-3H3. The van der Waals surface area contributed by atoms with Gasteiger partial charge in [-0.25, -0.2) is 4.98 Å². The molecule has 86 valence electrons. The highest BCUT2D eigenvalue weighted by Crippen LogP contribution is 2.27. The molecule has 0 aliphatic carbocycles. The monoisotopic (exact) mass is 255 g/mol.